The summed E-state index contributed by atoms with van der Waals surface area (Å²) in [5, 5.41) is -0.195. The average Bonchev–Trinajstić information content (AvgIpc) is 2.85. The lowest BCUT2D eigenvalue weighted by Crippen LogP contribution is -2.33. The van der Waals surface area contributed by atoms with Crippen LogP contribution in [0.4, 0.5) is 4.79 Å². The van der Waals surface area contributed by atoms with Crippen LogP contribution in [0, 0.1) is 0 Å². The fraction of sp³-hybridized carbons (Fsp3) is 0.308. The van der Waals surface area contributed by atoms with Crippen molar-refractivity contribution >= 4 is 40.4 Å². The van der Waals surface area contributed by atoms with Crippen LogP contribution < -0.4 is 0 Å². The summed E-state index contributed by atoms with van der Waals surface area (Å²) in [5.41, 5.74) is 0.800. The van der Waals surface area contributed by atoms with Crippen molar-refractivity contribution in [3.05, 3.63) is 35.9 Å². The first-order valence-corrected chi connectivity index (χ1v) is 8.84. The number of hydrogen-bond donors (Lipinski definition) is 0. The van der Waals surface area contributed by atoms with E-state index < -0.39 is 28.4 Å². The van der Waals surface area contributed by atoms with Crippen molar-refractivity contribution in [1.82, 2.24) is 5.06 Å². The lowest BCUT2D eigenvalue weighted by molar-refractivity contribution is -0.174. The Morgan fingerprint density at radius 2 is 1.75 bits per heavy atom. The first-order chi connectivity index (χ1) is 11.3. The fourth-order valence-electron chi connectivity index (χ4n) is 1.73. The van der Waals surface area contributed by atoms with Crippen LogP contribution in [-0.4, -0.2) is 31.5 Å². The summed E-state index contributed by atoms with van der Waals surface area (Å²) in [5.74, 6) is -1.52. The average molecular weight is 375 g/mol. The van der Waals surface area contributed by atoms with Crippen molar-refractivity contribution < 1.29 is 35.5 Å². The minimum absolute atomic E-state index is 0.125. The minimum atomic E-state index is -4.72. The number of hydroxylamine groups is 2. The Bertz CT molecular complexity index is 718. The maximum absolute atomic E-state index is 11.6. The molecule has 0 aliphatic carbocycles. The van der Waals surface area contributed by atoms with Crippen molar-refractivity contribution in [3.8, 4) is 0 Å². The first kappa shape index (κ1) is 18.2. The summed E-state index contributed by atoms with van der Waals surface area (Å²) in [6, 6.07) is 8.90. The molecule has 24 heavy (non-hydrogen) atoms. The van der Waals surface area contributed by atoms with Gasteiger partial charge in [-0.15, -0.1) is 0 Å². The van der Waals surface area contributed by atoms with Crippen LogP contribution in [0.3, 0.4) is 0 Å². The molecule has 1 fully saturated rings. The van der Waals surface area contributed by atoms with Gasteiger partial charge in [-0.25, -0.2) is 0 Å². The van der Waals surface area contributed by atoms with Crippen LogP contribution in [0.25, 0.3) is 0 Å². The van der Waals surface area contributed by atoms with Crippen molar-refractivity contribution in [2.75, 3.05) is 0 Å². The highest BCUT2D eigenvalue weighted by Crippen LogP contribution is 2.30. The Labute approximate surface area is 142 Å². The molecule has 11 heteroatoms. The molecule has 1 aliphatic heterocycles. The van der Waals surface area contributed by atoms with E-state index in [2.05, 4.69) is 12.6 Å². The zero-order valence-corrected chi connectivity index (χ0v) is 14.0. The fourth-order valence-corrected chi connectivity index (χ4v) is 3.16. The van der Waals surface area contributed by atoms with Gasteiger partial charge in [-0.3, -0.25) is 18.6 Å². The van der Waals surface area contributed by atoms with Gasteiger partial charge < -0.3 is 0 Å². The number of carbonyl (C=O) groups is 3. The second-order valence-electron chi connectivity index (χ2n) is 4.63. The third-order valence-corrected chi connectivity index (χ3v) is 4.76. The summed E-state index contributed by atoms with van der Waals surface area (Å²) in [6.45, 7) is 1.69. The number of benzene rings is 1. The first-order valence-electron chi connectivity index (χ1n) is 6.70. The highest BCUT2D eigenvalue weighted by molar-refractivity contribution is 8.03. The summed E-state index contributed by atoms with van der Waals surface area (Å²) < 4.78 is 31.6. The molecule has 0 N–H and O–H groups in total. The summed E-state index contributed by atoms with van der Waals surface area (Å²) in [6.07, 6.45) is -2.01. The van der Waals surface area contributed by atoms with Crippen LogP contribution in [0.2, 0.25) is 0 Å². The standard InChI is InChI=1S/C13H13NO8S2/c1-9(10-5-3-2-4-6-10)23-22-24(18,19)21-13(17)20-14-11(15)7-8-12(14)16/h2-6,9H,7-8H2,1H3. The summed E-state index contributed by atoms with van der Waals surface area (Å²) in [4.78, 5) is 38.1. The topological polar surface area (TPSA) is 116 Å². The highest BCUT2D eigenvalue weighted by Gasteiger charge is 2.35. The second-order valence-corrected chi connectivity index (χ2v) is 7.06. The molecule has 1 aromatic carbocycles. The molecule has 1 saturated heterocycles. The van der Waals surface area contributed by atoms with E-state index in [1.807, 2.05) is 0 Å². The van der Waals surface area contributed by atoms with E-state index in [9.17, 15) is 22.8 Å². The third kappa shape index (κ3) is 4.94. The summed E-state index contributed by atoms with van der Waals surface area (Å²) >= 11 is 0.554. The molecule has 1 atom stereocenters. The summed E-state index contributed by atoms with van der Waals surface area (Å²) in [7, 11) is -4.72. The van der Waals surface area contributed by atoms with Crippen molar-refractivity contribution in [2.24, 2.45) is 0 Å². The molecular formula is C13H13NO8S2. The number of carbonyl (C=O) groups excluding carboxylic acids is 3. The molecule has 9 nitrogen and oxygen atoms in total. The largest absolute Gasteiger partial charge is 0.551 e. The predicted octanol–water partition coefficient (Wildman–Crippen LogP) is 1.87. The molecule has 130 valence electrons. The number of imide groups is 1. The number of rotatable bonds is 6. The molecule has 1 aromatic rings. The Balaban J connectivity index is 1.85. The van der Waals surface area contributed by atoms with Crippen LogP contribution in [0.1, 0.15) is 30.6 Å². The maximum atomic E-state index is 11.6. The molecule has 1 heterocycles. The minimum Gasteiger partial charge on any atom is -0.294 e. The third-order valence-electron chi connectivity index (χ3n) is 2.88. The van der Waals surface area contributed by atoms with E-state index in [0.29, 0.717) is 12.0 Å². The number of hydrogen-bond acceptors (Lipinski definition) is 9. The monoisotopic (exact) mass is 375 g/mol. The molecule has 0 aromatic heterocycles. The Morgan fingerprint density at radius 3 is 2.33 bits per heavy atom. The number of amides is 2. The van der Waals surface area contributed by atoms with Gasteiger partial charge in [-0.2, -0.15) is 16.8 Å². The van der Waals surface area contributed by atoms with Gasteiger partial charge in [0, 0.05) is 24.9 Å². The molecule has 2 amide bonds. The smallest absolute Gasteiger partial charge is 0.294 e. The lowest BCUT2D eigenvalue weighted by Gasteiger charge is -2.13. The van der Waals surface area contributed by atoms with Gasteiger partial charge in [0.15, 0.2) is 0 Å². The van der Waals surface area contributed by atoms with E-state index in [1.54, 1.807) is 37.3 Å². The molecule has 1 unspecified atom stereocenters. The molecule has 0 saturated carbocycles. The Morgan fingerprint density at radius 1 is 1.17 bits per heavy atom. The van der Waals surface area contributed by atoms with Gasteiger partial charge in [0.2, 0.25) is 0 Å². The van der Waals surface area contributed by atoms with Gasteiger partial charge in [-0.05, 0) is 12.5 Å². The van der Waals surface area contributed by atoms with Gasteiger partial charge in [0.25, 0.3) is 11.8 Å². The van der Waals surface area contributed by atoms with Crippen molar-refractivity contribution in [2.45, 2.75) is 25.0 Å². The van der Waals surface area contributed by atoms with Gasteiger partial charge in [0.1, 0.15) is 0 Å². The van der Waals surface area contributed by atoms with Gasteiger partial charge in [-0.1, -0.05) is 35.4 Å². The van der Waals surface area contributed by atoms with E-state index in [0.717, 1.165) is 5.56 Å². The normalized spacial score (nSPS) is 16.1. The van der Waals surface area contributed by atoms with E-state index >= 15 is 0 Å². The maximum Gasteiger partial charge on any atom is 0.551 e. The molecular weight excluding hydrogens is 362 g/mol. The van der Waals surface area contributed by atoms with Crippen LogP contribution in [-0.2, 0) is 32.6 Å². The van der Waals surface area contributed by atoms with Gasteiger partial charge in [0.05, 0.1) is 5.25 Å². The van der Waals surface area contributed by atoms with Crippen LogP contribution in [0.5, 0.6) is 0 Å². The molecule has 0 spiro atoms. The van der Waals surface area contributed by atoms with Crippen LogP contribution >= 0.6 is 12.0 Å². The zero-order chi connectivity index (χ0) is 17.7. The van der Waals surface area contributed by atoms with Crippen molar-refractivity contribution in [3.63, 3.8) is 0 Å². The molecule has 1 aliphatic rings. The Hall–Kier alpha value is -2.11. The quantitative estimate of drug-likeness (QED) is 0.542. The SMILES string of the molecule is CC(SOS(=O)(=O)OC(=O)ON1C(=O)CCC1=O)c1ccccc1. The van der Waals surface area contributed by atoms with Crippen molar-refractivity contribution in [1.29, 1.82) is 0 Å². The second kappa shape index (κ2) is 7.64. The molecule has 0 bridgehead atoms. The van der Waals surface area contributed by atoms with Crippen LogP contribution in [0.15, 0.2) is 30.3 Å². The number of nitrogens with zero attached hydrogens (tertiary/aromatic N) is 1. The molecule has 0 radical (unpaired) electrons. The van der Waals surface area contributed by atoms with E-state index in [1.165, 1.54) is 0 Å². The Kier molecular flexibility index (Phi) is 5.80. The van der Waals surface area contributed by atoms with Gasteiger partial charge >= 0.3 is 16.6 Å². The predicted molar refractivity (Wildman–Crippen MR) is 81.1 cm³/mol. The lowest BCUT2D eigenvalue weighted by atomic mass is 10.2. The molecule has 2 rings (SSSR count). The van der Waals surface area contributed by atoms with E-state index in [-0.39, 0.29) is 23.2 Å². The zero-order valence-electron chi connectivity index (χ0n) is 12.4. The van der Waals surface area contributed by atoms with E-state index in [4.69, 9.17) is 0 Å². The highest BCUT2D eigenvalue weighted by atomic mass is 32.3.